The highest BCUT2D eigenvalue weighted by atomic mass is 16.4. The molecule has 2 rings (SSSR count). The van der Waals surface area contributed by atoms with Crippen molar-refractivity contribution in [3.05, 3.63) is 23.8 Å². The lowest BCUT2D eigenvalue weighted by molar-refractivity contribution is -0.133. The van der Waals surface area contributed by atoms with E-state index in [1.165, 1.54) is 51.4 Å². The molecule has 2 aliphatic carbocycles. The van der Waals surface area contributed by atoms with Crippen molar-refractivity contribution in [2.45, 2.75) is 78.1 Å². The summed E-state index contributed by atoms with van der Waals surface area (Å²) < 4.78 is 0. The van der Waals surface area contributed by atoms with Crippen molar-refractivity contribution in [1.82, 2.24) is 0 Å². The fourth-order valence-electron chi connectivity index (χ4n) is 4.84. The van der Waals surface area contributed by atoms with Crippen molar-refractivity contribution in [3.8, 4) is 0 Å². The number of hydrogen-bond acceptors (Lipinski definition) is 1. The van der Waals surface area contributed by atoms with E-state index in [1.54, 1.807) is 0 Å². The summed E-state index contributed by atoms with van der Waals surface area (Å²) >= 11 is 0. The van der Waals surface area contributed by atoms with Crippen LogP contribution in [0.1, 0.15) is 78.1 Å². The highest BCUT2D eigenvalue weighted by Crippen LogP contribution is 2.43. The Balaban J connectivity index is 1.83. The van der Waals surface area contributed by atoms with E-state index in [2.05, 4.69) is 6.92 Å². The van der Waals surface area contributed by atoms with Gasteiger partial charge in [0.2, 0.25) is 0 Å². The summed E-state index contributed by atoms with van der Waals surface area (Å²) in [7, 11) is 0. The van der Waals surface area contributed by atoms with Gasteiger partial charge in [0.25, 0.3) is 0 Å². The first-order valence-electron chi connectivity index (χ1n) is 9.71. The van der Waals surface area contributed by atoms with Gasteiger partial charge in [0, 0.05) is 5.57 Å². The topological polar surface area (TPSA) is 37.3 Å². The molecule has 0 aromatic rings. The third-order valence-corrected chi connectivity index (χ3v) is 6.18. The first-order chi connectivity index (χ1) is 11.2. The molecule has 0 aromatic heterocycles. The van der Waals surface area contributed by atoms with Crippen LogP contribution < -0.4 is 0 Å². The van der Waals surface area contributed by atoms with Crippen molar-refractivity contribution < 1.29 is 9.90 Å². The van der Waals surface area contributed by atoms with E-state index in [0.717, 1.165) is 30.6 Å². The molecule has 0 atom stereocenters. The number of rotatable bonds is 6. The quantitative estimate of drug-likeness (QED) is 0.482. The van der Waals surface area contributed by atoms with E-state index < -0.39 is 5.97 Å². The van der Waals surface area contributed by atoms with Crippen molar-refractivity contribution >= 4 is 5.97 Å². The molecule has 2 fully saturated rings. The molecule has 0 bridgehead atoms. The van der Waals surface area contributed by atoms with Gasteiger partial charge >= 0.3 is 5.97 Å². The normalized spacial score (nSPS) is 33.0. The van der Waals surface area contributed by atoms with E-state index in [-0.39, 0.29) is 5.92 Å². The molecule has 0 amide bonds. The fraction of sp³-hybridized carbons (Fsp3) is 0.762. The maximum atomic E-state index is 11.5. The van der Waals surface area contributed by atoms with Crippen molar-refractivity contribution in [1.29, 1.82) is 0 Å². The summed E-state index contributed by atoms with van der Waals surface area (Å²) in [6, 6.07) is 0. The lowest BCUT2D eigenvalue weighted by atomic mass is 9.68. The molecule has 0 aromatic carbocycles. The smallest absolute Gasteiger partial charge is 0.331 e. The molecule has 0 saturated heterocycles. The summed E-state index contributed by atoms with van der Waals surface area (Å²) in [5, 5.41) is 9.44. The Labute approximate surface area is 142 Å². The van der Waals surface area contributed by atoms with Crippen LogP contribution in [-0.2, 0) is 4.79 Å². The molecule has 2 aliphatic rings. The third-order valence-electron chi connectivity index (χ3n) is 6.18. The Kier molecular flexibility index (Phi) is 7.39. The summed E-state index contributed by atoms with van der Waals surface area (Å²) in [6.07, 6.45) is 18.6. The molecule has 0 spiro atoms. The zero-order valence-electron chi connectivity index (χ0n) is 15.0. The van der Waals surface area contributed by atoms with Crippen LogP contribution in [0.5, 0.6) is 0 Å². The summed E-state index contributed by atoms with van der Waals surface area (Å²) in [4.78, 5) is 11.5. The predicted octanol–water partition coefficient (Wildman–Crippen LogP) is 5.99. The molecule has 0 unspecified atom stereocenters. The van der Waals surface area contributed by atoms with E-state index in [1.807, 2.05) is 25.2 Å². The minimum atomic E-state index is -0.730. The van der Waals surface area contributed by atoms with Crippen LogP contribution in [0.25, 0.3) is 0 Å². The summed E-state index contributed by atoms with van der Waals surface area (Å²) in [5.74, 6) is 2.28. The Morgan fingerprint density at radius 1 is 1.00 bits per heavy atom. The number of carbonyl (C=O) groups is 1. The second-order valence-electron chi connectivity index (χ2n) is 7.63. The minimum Gasteiger partial charge on any atom is -0.478 e. The van der Waals surface area contributed by atoms with E-state index >= 15 is 0 Å². The van der Waals surface area contributed by atoms with E-state index in [0.29, 0.717) is 5.57 Å². The van der Waals surface area contributed by atoms with Gasteiger partial charge in [-0.1, -0.05) is 50.8 Å². The minimum absolute atomic E-state index is 0.261. The molecule has 2 heteroatoms. The van der Waals surface area contributed by atoms with Gasteiger partial charge in [0.1, 0.15) is 0 Å². The predicted molar refractivity (Wildman–Crippen MR) is 96.3 cm³/mol. The third kappa shape index (κ3) is 5.22. The van der Waals surface area contributed by atoms with E-state index in [4.69, 9.17) is 0 Å². The van der Waals surface area contributed by atoms with Crippen LogP contribution in [0.4, 0.5) is 0 Å². The zero-order chi connectivity index (χ0) is 16.7. The van der Waals surface area contributed by atoms with Gasteiger partial charge in [-0.3, -0.25) is 0 Å². The second-order valence-corrected chi connectivity index (χ2v) is 7.63. The Morgan fingerprint density at radius 2 is 1.57 bits per heavy atom. The first-order valence-corrected chi connectivity index (χ1v) is 9.71. The standard InChI is InChI=1S/C21H34O2/c1-3-5-7-20(21(22)23)19-14-12-18(13-15-19)17-10-8-16(6-4-2)9-11-17/h3,5,7,16-19H,4,6,8-15H2,1-2H3,(H,22,23)/b5-3+,20-7+. The van der Waals surface area contributed by atoms with Gasteiger partial charge in [0.05, 0.1) is 0 Å². The molecule has 2 saturated carbocycles. The van der Waals surface area contributed by atoms with Crippen LogP contribution in [0, 0.1) is 23.7 Å². The fourth-order valence-corrected chi connectivity index (χ4v) is 4.84. The van der Waals surface area contributed by atoms with Gasteiger partial charge < -0.3 is 5.11 Å². The number of aliphatic carboxylic acids is 1. The second kappa shape index (κ2) is 9.30. The van der Waals surface area contributed by atoms with Gasteiger partial charge in [-0.05, 0) is 69.1 Å². The van der Waals surface area contributed by atoms with Crippen LogP contribution in [0.3, 0.4) is 0 Å². The summed E-state index contributed by atoms with van der Waals surface area (Å²) in [6.45, 7) is 4.23. The SMILES string of the molecule is C/C=C/C=C(/C(=O)O)C1CCC(C2CCC(CCC)CC2)CC1. The van der Waals surface area contributed by atoms with Crippen LogP contribution >= 0.6 is 0 Å². The Morgan fingerprint density at radius 3 is 2.04 bits per heavy atom. The molecule has 23 heavy (non-hydrogen) atoms. The lowest BCUT2D eigenvalue weighted by Gasteiger charge is -2.38. The molecule has 130 valence electrons. The Bertz CT molecular complexity index is 419. The van der Waals surface area contributed by atoms with Crippen molar-refractivity contribution in [2.75, 3.05) is 0 Å². The average Bonchev–Trinajstić information content (AvgIpc) is 2.57. The first kappa shape index (κ1) is 18.3. The number of carboxylic acid groups (broad SMARTS) is 1. The molecule has 0 radical (unpaired) electrons. The van der Waals surface area contributed by atoms with Crippen LogP contribution in [-0.4, -0.2) is 11.1 Å². The zero-order valence-corrected chi connectivity index (χ0v) is 15.0. The van der Waals surface area contributed by atoms with Crippen molar-refractivity contribution in [3.63, 3.8) is 0 Å². The molecule has 0 aliphatic heterocycles. The molecule has 0 heterocycles. The lowest BCUT2D eigenvalue weighted by Crippen LogP contribution is -2.27. The van der Waals surface area contributed by atoms with E-state index in [9.17, 15) is 9.90 Å². The average molecular weight is 319 g/mol. The van der Waals surface area contributed by atoms with Crippen molar-refractivity contribution in [2.24, 2.45) is 23.7 Å². The van der Waals surface area contributed by atoms with Crippen LogP contribution in [0.2, 0.25) is 0 Å². The Hall–Kier alpha value is -1.05. The maximum Gasteiger partial charge on any atom is 0.331 e. The van der Waals surface area contributed by atoms with Gasteiger partial charge in [-0.2, -0.15) is 0 Å². The highest BCUT2D eigenvalue weighted by Gasteiger charge is 2.32. The number of carboxylic acids is 1. The largest absolute Gasteiger partial charge is 0.478 e. The molecule has 2 nitrogen and oxygen atoms in total. The number of allylic oxidation sites excluding steroid dienone is 3. The number of hydrogen-bond donors (Lipinski definition) is 1. The maximum absolute atomic E-state index is 11.5. The molecule has 1 N–H and O–H groups in total. The van der Waals surface area contributed by atoms with Gasteiger partial charge in [-0.25, -0.2) is 4.79 Å². The van der Waals surface area contributed by atoms with Crippen LogP contribution in [0.15, 0.2) is 23.8 Å². The molecular formula is C21H34O2. The summed E-state index contributed by atoms with van der Waals surface area (Å²) in [5.41, 5.74) is 0.619. The van der Waals surface area contributed by atoms with Gasteiger partial charge in [-0.15, -0.1) is 0 Å². The highest BCUT2D eigenvalue weighted by molar-refractivity contribution is 5.87. The molecular weight excluding hydrogens is 284 g/mol. The monoisotopic (exact) mass is 318 g/mol. The van der Waals surface area contributed by atoms with Gasteiger partial charge in [0.15, 0.2) is 0 Å².